The maximum Gasteiger partial charge on any atom is 0.324 e. The molecule has 1 atom stereocenters. The molecule has 1 aliphatic heterocycles. The van der Waals surface area contributed by atoms with Crippen molar-refractivity contribution in [3.05, 3.63) is 45.2 Å². The van der Waals surface area contributed by atoms with E-state index in [4.69, 9.17) is 0 Å². The number of anilines is 2. The molecule has 0 radical (unpaired) electrons. The Morgan fingerprint density at radius 1 is 1.29 bits per heavy atom. The molecule has 28 heavy (non-hydrogen) atoms. The van der Waals surface area contributed by atoms with Crippen molar-refractivity contribution in [3.63, 3.8) is 0 Å². The van der Waals surface area contributed by atoms with Gasteiger partial charge in [-0.25, -0.2) is 14.8 Å². The molecule has 4 rings (SSSR count). The SMILES string of the molecule is Cc1cc2nc(NC(=O)N3CCN(c4ncccc4I)C[C@H]3C)[nH]c2cc1C. The predicted octanol–water partition coefficient (Wildman–Crippen LogP) is 3.92. The number of nitrogens with zero attached hydrogens (tertiary/aromatic N) is 4. The smallest absolute Gasteiger partial charge is 0.324 e. The molecule has 2 N–H and O–H groups in total. The molecule has 0 aliphatic carbocycles. The van der Waals surface area contributed by atoms with Gasteiger partial charge in [0.05, 0.1) is 14.6 Å². The lowest BCUT2D eigenvalue weighted by Crippen LogP contribution is -2.55. The second-order valence-corrected chi connectivity index (χ2v) is 8.43. The molecule has 3 aromatic rings. The number of aromatic amines is 1. The van der Waals surface area contributed by atoms with Gasteiger partial charge in [-0.1, -0.05) is 0 Å². The van der Waals surface area contributed by atoms with E-state index < -0.39 is 0 Å². The third-order valence-corrected chi connectivity index (χ3v) is 6.09. The van der Waals surface area contributed by atoms with Crippen LogP contribution in [-0.2, 0) is 0 Å². The Balaban J connectivity index is 1.45. The molecule has 0 spiro atoms. The third-order valence-electron chi connectivity index (χ3n) is 5.25. The summed E-state index contributed by atoms with van der Waals surface area (Å²) < 4.78 is 1.12. The first kappa shape index (κ1) is 19.0. The number of imidazole rings is 1. The fourth-order valence-electron chi connectivity index (χ4n) is 3.56. The van der Waals surface area contributed by atoms with Gasteiger partial charge in [-0.3, -0.25) is 5.32 Å². The van der Waals surface area contributed by atoms with Gasteiger partial charge in [0.25, 0.3) is 0 Å². The second-order valence-electron chi connectivity index (χ2n) is 7.27. The van der Waals surface area contributed by atoms with E-state index in [9.17, 15) is 4.79 Å². The van der Waals surface area contributed by atoms with Crippen LogP contribution >= 0.6 is 22.6 Å². The number of aryl methyl sites for hydroxylation is 2. The van der Waals surface area contributed by atoms with Crippen molar-refractivity contribution in [2.75, 3.05) is 29.9 Å². The van der Waals surface area contributed by atoms with Crippen molar-refractivity contribution in [2.24, 2.45) is 0 Å². The number of hydrogen-bond donors (Lipinski definition) is 2. The molecule has 0 unspecified atom stereocenters. The second kappa shape index (κ2) is 7.57. The molecule has 1 aliphatic rings. The summed E-state index contributed by atoms with van der Waals surface area (Å²) >= 11 is 2.31. The van der Waals surface area contributed by atoms with Gasteiger partial charge in [-0.15, -0.1) is 0 Å². The Kier molecular flexibility index (Phi) is 5.13. The molecular weight excluding hydrogens is 467 g/mol. The van der Waals surface area contributed by atoms with Crippen LogP contribution in [0.2, 0.25) is 0 Å². The molecule has 3 heterocycles. The van der Waals surface area contributed by atoms with E-state index in [0.717, 1.165) is 33.5 Å². The molecule has 0 bridgehead atoms. The highest BCUT2D eigenvalue weighted by molar-refractivity contribution is 14.1. The highest BCUT2D eigenvalue weighted by Crippen LogP contribution is 2.23. The number of carbonyl (C=O) groups excluding carboxylic acids is 1. The number of carbonyl (C=O) groups is 1. The van der Waals surface area contributed by atoms with Crippen molar-refractivity contribution in [1.82, 2.24) is 19.9 Å². The van der Waals surface area contributed by atoms with Crippen LogP contribution in [0.1, 0.15) is 18.1 Å². The number of amides is 2. The van der Waals surface area contributed by atoms with E-state index in [0.29, 0.717) is 12.5 Å². The van der Waals surface area contributed by atoms with Gasteiger partial charge in [0.15, 0.2) is 0 Å². The maximum absolute atomic E-state index is 12.8. The summed E-state index contributed by atoms with van der Waals surface area (Å²) in [6.07, 6.45) is 1.81. The van der Waals surface area contributed by atoms with Crippen molar-refractivity contribution in [3.8, 4) is 0 Å². The Morgan fingerprint density at radius 2 is 2.07 bits per heavy atom. The number of fused-ring (bicyclic) bond motifs is 1. The normalized spacial score (nSPS) is 17.2. The molecule has 2 aromatic heterocycles. The predicted molar refractivity (Wildman–Crippen MR) is 120 cm³/mol. The Morgan fingerprint density at radius 3 is 2.82 bits per heavy atom. The summed E-state index contributed by atoms with van der Waals surface area (Å²) in [5, 5.41) is 2.92. The fourth-order valence-corrected chi connectivity index (χ4v) is 4.25. The van der Waals surface area contributed by atoms with Crippen LogP contribution in [0.5, 0.6) is 0 Å². The van der Waals surface area contributed by atoms with Crippen LogP contribution in [0.4, 0.5) is 16.6 Å². The van der Waals surface area contributed by atoms with Gasteiger partial charge >= 0.3 is 6.03 Å². The van der Waals surface area contributed by atoms with Crippen molar-refractivity contribution in [1.29, 1.82) is 0 Å². The highest BCUT2D eigenvalue weighted by Gasteiger charge is 2.29. The zero-order valence-corrected chi connectivity index (χ0v) is 18.3. The number of hydrogen-bond acceptors (Lipinski definition) is 4. The topological polar surface area (TPSA) is 77.2 Å². The Hall–Kier alpha value is -2.36. The van der Waals surface area contributed by atoms with Crippen LogP contribution in [0.3, 0.4) is 0 Å². The molecule has 146 valence electrons. The lowest BCUT2D eigenvalue weighted by atomic mass is 10.1. The summed E-state index contributed by atoms with van der Waals surface area (Å²) in [6, 6.07) is 8.03. The minimum atomic E-state index is -0.129. The van der Waals surface area contributed by atoms with Crippen molar-refractivity contribution < 1.29 is 4.79 Å². The largest absolute Gasteiger partial charge is 0.352 e. The summed E-state index contributed by atoms with van der Waals surface area (Å²) in [4.78, 5) is 29.1. The Labute approximate surface area is 177 Å². The average molecular weight is 490 g/mol. The standard InChI is InChI=1S/C20H23IN6O/c1-12-9-16-17(10-13(12)2)24-19(23-16)25-20(28)27-8-7-26(11-14(27)3)18-15(21)5-4-6-22-18/h4-6,9-10,14H,7-8,11H2,1-3H3,(H2,23,24,25,28)/t14-/m1/s1. The number of halogens is 1. The van der Waals surface area contributed by atoms with E-state index in [1.54, 1.807) is 0 Å². The van der Waals surface area contributed by atoms with Crippen LogP contribution < -0.4 is 10.2 Å². The molecule has 1 aromatic carbocycles. The first-order valence-corrected chi connectivity index (χ1v) is 10.4. The quantitative estimate of drug-likeness (QED) is 0.534. The van der Waals surface area contributed by atoms with E-state index in [1.807, 2.05) is 23.2 Å². The van der Waals surface area contributed by atoms with E-state index in [-0.39, 0.29) is 12.1 Å². The lowest BCUT2D eigenvalue weighted by Gasteiger charge is -2.40. The van der Waals surface area contributed by atoms with Gasteiger partial charge in [-0.05, 0) is 78.8 Å². The van der Waals surface area contributed by atoms with E-state index in [1.165, 1.54) is 11.1 Å². The lowest BCUT2D eigenvalue weighted by molar-refractivity contribution is 0.184. The zero-order chi connectivity index (χ0) is 19.8. The fraction of sp³-hybridized carbons (Fsp3) is 0.350. The molecule has 8 heteroatoms. The number of H-pyrrole nitrogens is 1. The number of nitrogens with one attached hydrogen (secondary N) is 2. The molecule has 1 saturated heterocycles. The van der Waals surface area contributed by atoms with Gasteiger partial charge < -0.3 is 14.8 Å². The molecular formula is C20H23IN6O. The van der Waals surface area contributed by atoms with Crippen molar-refractivity contribution in [2.45, 2.75) is 26.8 Å². The van der Waals surface area contributed by atoms with Gasteiger partial charge in [0, 0.05) is 31.9 Å². The van der Waals surface area contributed by atoms with Crippen LogP contribution in [0.15, 0.2) is 30.5 Å². The number of rotatable bonds is 2. The highest BCUT2D eigenvalue weighted by atomic mass is 127. The Bertz CT molecular complexity index is 994. The summed E-state index contributed by atoms with van der Waals surface area (Å²) in [7, 11) is 0. The number of aromatic nitrogens is 3. The monoisotopic (exact) mass is 490 g/mol. The molecule has 1 fully saturated rings. The number of urea groups is 1. The van der Waals surface area contributed by atoms with Gasteiger partial charge in [0.1, 0.15) is 5.82 Å². The minimum Gasteiger partial charge on any atom is -0.352 e. The van der Waals surface area contributed by atoms with E-state index >= 15 is 0 Å². The zero-order valence-electron chi connectivity index (χ0n) is 16.2. The molecule has 2 amide bonds. The number of pyridine rings is 1. The van der Waals surface area contributed by atoms with E-state index in [2.05, 4.69) is 80.7 Å². The summed E-state index contributed by atoms with van der Waals surface area (Å²) in [6.45, 7) is 8.33. The van der Waals surface area contributed by atoms with Gasteiger partial charge in [0.2, 0.25) is 5.95 Å². The first-order valence-electron chi connectivity index (χ1n) is 9.32. The first-order chi connectivity index (χ1) is 13.4. The number of benzene rings is 1. The van der Waals surface area contributed by atoms with Crippen LogP contribution in [0, 0.1) is 17.4 Å². The molecule has 0 saturated carbocycles. The summed E-state index contributed by atoms with van der Waals surface area (Å²) in [5.41, 5.74) is 4.18. The average Bonchev–Trinajstić information content (AvgIpc) is 3.03. The summed E-state index contributed by atoms with van der Waals surface area (Å²) in [5.74, 6) is 1.47. The maximum atomic E-state index is 12.8. The number of piperazine rings is 1. The van der Waals surface area contributed by atoms with Crippen LogP contribution in [0.25, 0.3) is 11.0 Å². The van der Waals surface area contributed by atoms with Crippen LogP contribution in [-0.4, -0.2) is 51.6 Å². The van der Waals surface area contributed by atoms with Gasteiger partial charge in [-0.2, -0.15) is 0 Å². The minimum absolute atomic E-state index is 0.0698. The third kappa shape index (κ3) is 3.65. The van der Waals surface area contributed by atoms with Crippen molar-refractivity contribution >= 4 is 51.4 Å². The molecule has 7 nitrogen and oxygen atoms in total.